The van der Waals surface area contributed by atoms with Gasteiger partial charge in [0, 0.05) is 0 Å². The Kier molecular flexibility index (Phi) is 16.2. The van der Waals surface area contributed by atoms with Crippen LogP contribution in [-0.4, -0.2) is 46.2 Å². The highest BCUT2D eigenvalue weighted by Crippen LogP contribution is 2.13. The molecule has 148 valence electrons. The van der Waals surface area contributed by atoms with Gasteiger partial charge in [0.15, 0.2) is 0 Å². The van der Waals surface area contributed by atoms with Crippen LogP contribution in [0.15, 0.2) is 0 Å². The molecule has 0 amide bonds. The van der Waals surface area contributed by atoms with Gasteiger partial charge in [0.1, 0.15) is 5.88 Å². The molecule has 0 aliphatic carbocycles. The van der Waals surface area contributed by atoms with E-state index in [4.69, 9.17) is 25.6 Å². The lowest BCUT2D eigenvalue weighted by Gasteiger charge is -2.21. The zero-order valence-corrected chi connectivity index (χ0v) is 15.5. The number of unbranched alkanes of at least 4 members (excludes halogenated alkanes) is 9. The fraction of sp³-hybridized carbons (Fsp3) is 1.00. The Morgan fingerprint density at radius 2 is 1.21 bits per heavy atom. The highest BCUT2D eigenvalue weighted by molar-refractivity contribution is 7.85. The first kappa shape index (κ1) is 25.9. The Balaban J connectivity index is 0. The van der Waals surface area contributed by atoms with Gasteiger partial charge < -0.3 is 26.8 Å². The van der Waals surface area contributed by atoms with Crippen molar-refractivity contribution >= 4 is 10.1 Å². The monoisotopic (exact) mass is 372 g/mol. The second-order valence-electron chi connectivity index (χ2n) is 6.01. The number of nitrogens with two attached hydrogens (primary N) is 2. The highest BCUT2D eigenvalue weighted by atomic mass is 32.2. The van der Waals surface area contributed by atoms with Crippen molar-refractivity contribution < 1.29 is 28.3 Å². The summed E-state index contributed by atoms with van der Waals surface area (Å²) in [4.78, 5) is 0. The first-order valence-electron chi connectivity index (χ1n) is 8.62. The van der Waals surface area contributed by atoms with Crippen molar-refractivity contribution in [2.45, 2.75) is 89.6 Å². The molecule has 8 N–H and O–H groups in total. The van der Waals surface area contributed by atoms with Gasteiger partial charge in [0.05, 0.1) is 6.04 Å². The minimum absolute atomic E-state index is 0.444. The Morgan fingerprint density at radius 1 is 0.875 bits per heavy atom. The first-order chi connectivity index (χ1) is 11.0. The molecule has 24 heavy (non-hydrogen) atoms. The van der Waals surface area contributed by atoms with Gasteiger partial charge in [-0.3, -0.25) is 4.55 Å². The molecule has 0 saturated heterocycles. The molecule has 0 aliphatic rings. The molecule has 0 spiro atoms. The first-order valence-corrected chi connectivity index (χ1v) is 10.2. The summed E-state index contributed by atoms with van der Waals surface area (Å²) in [7, 11) is -3.88. The molecular weight excluding hydrogens is 336 g/mol. The van der Waals surface area contributed by atoms with E-state index in [0.29, 0.717) is 6.42 Å². The fourth-order valence-corrected chi connectivity index (χ4v) is 2.05. The third-order valence-electron chi connectivity index (χ3n) is 3.58. The molecule has 1 unspecified atom stereocenters. The van der Waals surface area contributed by atoms with Crippen LogP contribution in [-0.2, 0) is 10.1 Å². The van der Waals surface area contributed by atoms with Crippen LogP contribution in [0.2, 0.25) is 0 Å². The highest BCUT2D eigenvalue weighted by Gasteiger charge is 2.27. The van der Waals surface area contributed by atoms with Gasteiger partial charge in [-0.05, 0) is 6.42 Å². The molecule has 0 aromatic rings. The maximum atomic E-state index is 9.43. The number of hydrogen-bond donors (Lipinski definition) is 6. The van der Waals surface area contributed by atoms with Gasteiger partial charge in [0.2, 0.25) is 0 Å². The van der Waals surface area contributed by atoms with Crippen molar-refractivity contribution in [3.05, 3.63) is 0 Å². The average Bonchev–Trinajstić information content (AvgIpc) is 2.48. The van der Waals surface area contributed by atoms with Crippen molar-refractivity contribution in [3.8, 4) is 0 Å². The van der Waals surface area contributed by atoms with E-state index in [0.717, 1.165) is 19.3 Å². The van der Waals surface area contributed by atoms with Gasteiger partial charge in [-0.1, -0.05) is 71.1 Å². The molecule has 8 nitrogen and oxygen atoms in total. The standard InChI is InChI=1S/C14H31NO3.CH5NO3S/c1-2-3-4-5-6-7-8-9-10-11-12-13(15)14(16,17)18;2-1-6(3,4)5/h13,16-18H,2-12,15H2,1H3;1-2H2,(H,3,4,5). The minimum Gasteiger partial charge on any atom is -0.342 e. The van der Waals surface area contributed by atoms with Crippen molar-refractivity contribution in [1.82, 2.24) is 0 Å². The zero-order valence-electron chi connectivity index (χ0n) is 14.7. The van der Waals surface area contributed by atoms with E-state index in [2.05, 4.69) is 12.7 Å². The third-order valence-corrected chi connectivity index (χ3v) is 4.00. The molecule has 0 saturated carbocycles. The summed E-state index contributed by atoms with van der Waals surface area (Å²) in [5, 5.41) is 26.4. The van der Waals surface area contributed by atoms with E-state index in [1.54, 1.807) is 0 Å². The van der Waals surface area contributed by atoms with Gasteiger partial charge in [-0.2, -0.15) is 8.42 Å². The van der Waals surface area contributed by atoms with Crippen molar-refractivity contribution in [1.29, 1.82) is 0 Å². The zero-order chi connectivity index (χ0) is 19.1. The Bertz CT molecular complexity index is 371. The van der Waals surface area contributed by atoms with Crippen molar-refractivity contribution in [2.75, 3.05) is 5.88 Å². The Hall–Kier alpha value is -0.290. The summed E-state index contributed by atoms with van der Waals surface area (Å²) in [6.45, 7) is 2.23. The topological polar surface area (TPSA) is 167 Å². The lowest BCUT2D eigenvalue weighted by atomic mass is 10.0. The average molecular weight is 373 g/mol. The van der Waals surface area contributed by atoms with Gasteiger partial charge in [-0.15, -0.1) is 0 Å². The molecule has 0 heterocycles. The van der Waals surface area contributed by atoms with Gasteiger partial charge in [-0.25, -0.2) is 0 Å². The van der Waals surface area contributed by atoms with Crippen molar-refractivity contribution in [2.24, 2.45) is 11.5 Å². The second-order valence-corrected chi connectivity index (χ2v) is 7.51. The van der Waals surface area contributed by atoms with E-state index in [9.17, 15) is 8.42 Å². The molecule has 0 rings (SSSR count). The summed E-state index contributed by atoms with van der Waals surface area (Å²) in [6, 6.07) is -0.966. The molecule has 1 atom stereocenters. The summed E-state index contributed by atoms with van der Waals surface area (Å²) in [6.07, 6.45) is 12.7. The summed E-state index contributed by atoms with van der Waals surface area (Å²) < 4.78 is 26.5. The predicted octanol–water partition coefficient (Wildman–Crippen LogP) is 1.05. The van der Waals surface area contributed by atoms with E-state index >= 15 is 0 Å². The Morgan fingerprint density at radius 3 is 1.50 bits per heavy atom. The van der Waals surface area contributed by atoms with Crippen LogP contribution >= 0.6 is 0 Å². The molecular formula is C15H36N2O6S. The SMILES string of the molecule is CCCCCCCCCCCCC(N)C(O)(O)O.NCS(=O)(=O)O. The molecule has 9 heteroatoms. The maximum Gasteiger partial charge on any atom is 0.291 e. The predicted molar refractivity (Wildman–Crippen MR) is 94.4 cm³/mol. The number of rotatable bonds is 13. The van der Waals surface area contributed by atoms with Crippen LogP contribution in [0.4, 0.5) is 0 Å². The molecule has 0 fully saturated rings. The molecule has 0 aliphatic heterocycles. The van der Waals surface area contributed by atoms with Crippen LogP contribution < -0.4 is 11.5 Å². The van der Waals surface area contributed by atoms with E-state index in [1.807, 2.05) is 0 Å². The van der Waals surface area contributed by atoms with E-state index < -0.39 is 28.0 Å². The van der Waals surface area contributed by atoms with Crippen LogP contribution in [0.25, 0.3) is 0 Å². The lowest BCUT2D eigenvalue weighted by Crippen LogP contribution is -2.47. The largest absolute Gasteiger partial charge is 0.342 e. The van der Waals surface area contributed by atoms with Crippen LogP contribution in [0.5, 0.6) is 0 Å². The maximum absolute atomic E-state index is 9.43. The summed E-state index contributed by atoms with van der Waals surface area (Å²) in [5.74, 6) is -3.42. The quantitative estimate of drug-likeness (QED) is 0.158. The van der Waals surface area contributed by atoms with Crippen LogP contribution in [0.1, 0.15) is 77.6 Å². The summed E-state index contributed by atoms with van der Waals surface area (Å²) >= 11 is 0. The smallest absolute Gasteiger partial charge is 0.291 e. The minimum atomic E-state index is -3.88. The molecule has 0 aromatic heterocycles. The molecule has 0 radical (unpaired) electrons. The van der Waals surface area contributed by atoms with Gasteiger partial charge in [0.25, 0.3) is 16.1 Å². The Labute approximate surface area is 146 Å². The fourth-order valence-electron chi connectivity index (χ4n) is 2.05. The van der Waals surface area contributed by atoms with Gasteiger partial charge >= 0.3 is 0 Å². The molecule has 0 bridgehead atoms. The normalized spacial score (nSPS) is 13.3. The van der Waals surface area contributed by atoms with E-state index in [-0.39, 0.29) is 0 Å². The lowest BCUT2D eigenvalue weighted by molar-refractivity contribution is -0.323. The van der Waals surface area contributed by atoms with Crippen LogP contribution in [0.3, 0.4) is 0 Å². The number of hydrogen-bond acceptors (Lipinski definition) is 7. The summed E-state index contributed by atoms with van der Waals surface area (Å²) in [5.41, 5.74) is 9.88. The van der Waals surface area contributed by atoms with E-state index in [1.165, 1.54) is 44.9 Å². The third kappa shape index (κ3) is 21.7. The molecule has 0 aromatic carbocycles. The van der Waals surface area contributed by atoms with Crippen LogP contribution in [0, 0.1) is 0 Å². The number of aliphatic hydroxyl groups is 3. The second kappa shape index (κ2) is 15.0. The van der Waals surface area contributed by atoms with Crippen molar-refractivity contribution in [3.63, 3.8) is 0 Å².